The third-order valence-corrected chi connectivity index (χ3v) is 5.08. The monoisotopic (exact) mass is 408 g/mol. The van der Waals surface area contributed by atoms with E-state index in [9.17, 15) is 0 Å². The van der Waals surface area contributed by atoms with Gasteiger partial charge in [-0.25, -0.2) is 0 Å². The molecule has 0 heterocycles. The van der Waals surface area contributed by atoms with Gasteiger partial charge in [-0.2, -0.15) is 0 Å². The quantitative estimate of drug-likeness (QED) is 0.343. The first kappa shape index (κ1) is 22.2. The summed E-state index contributed by atoms with van der Waals surface area (Å²) in [4.78, 5) is 0. The smallest absolute Gasteiger partial charge is 0.0340 e. The van der Waals surface area contributed by atoms with Crippen LogP contribution < -0.4 is 10.6 Å². The minimum atomic E-state index is 0.970. The second kappa shape index (κ2) is 12.2. The summed E-state index contributed by atoms with van der Waals surface area (Å²) in [6.45, 7) is 3.08. The van der Waals surface area contributed by atoms with Crippen LogP contribution >= 0.6 is 0 Å². The highest BCUT2D eigenvalue weighted by molar-refractivity contribution is 5.45. The number of hydrogen-bond donors (Lipinski definition) is 2. The van der Waals surface area contributed by atoms with Crippen LogP contribution in [0.25, 0.3) is 0 Å². The Morgan fingerprint density at radius 1 is 0.484 bits per heavy atom. The molecule has 0 aliphatic heterocycles. The van der Waals surface area contributed by atoms with Crippen molar-refractivity contribution in [2.45, 2.75) is 19.8 Å². The van der Waals surface area contributed by atoms with Crippen LogP contribution in [0.1, 0.15) is 29.2 Å². The van der Waals surface area contributed by atoms with E-state index < -0.39 is 0 Å². The van der Waals surface area contributed by atoms with Crippen molar-refractivity contribution in [1.82, 2.24) is 0 Å². The zero-order valence-electron chi connectivity index (χ0n) is 18.5. The maximum absolute atomic E-state index is 3.30. The molecule has 2 nitrogen and oxygen atoms in total. The van der Waals surface area contributed by atoms with Gasteiger partial charge in [0.25, 0.3) is 0 Å². The summed E-state index contributed by atoms with van der Waals surface area (Å²) in [5.74, 6) is 0. The van der Waals surface area contributed by atoms with Crippen molar-refractivity contribution in [3.05, 3.63) is 131 Å². The van der Waals surface area contributed by atoms with Crippen molar-refractivity contribution < 1.29 is 0 Å². The van der Waals surface area contributed by atoms with E-state index in [1.165, 1.54) is 27.9 Å². The zero-order chi connectivity index (χ0) is 21.7. The first-order chi connectivity index (χ1) is 15.3. The third-order valence-electron chi connectivity index (χ3n) is 5.08. The van der Waals surface area contributed by atoms with Gasteiger partial charge in [0.15, 0.2) is 0 Å². The molecule has 2 heteroatoms. The summed E-state index contributed by atoms with van der Waals surface area (Å²) in [6.07, 6.45) is 2.01. The fraction of sp³-hybridized carbons (Fsp3) is 0.172. The van der Waals surface area contributed by atoms with Crippen molar-refractivity contribution in [3.63, 3.8) is 0 Å². The molecule has 4 aromatic carbocycles. The summed E-state index contributed by atoms with van der Waals surface area (Å²) >= 11 is 0. The van der Waals surface area contributed by atoms with Gasteiger partial charge in [-0.3, -0.25) is 0 Å². The summed E-state index contributed by atoms with van der Waals surface area (Å²) in [5, 5.41) is 6.42. The zero-order valence-corrected chi connectivity index (χ0v) is 18.5. The summed E-state index contributed by atoms with van der Waals surface area (Å²) in [7, 11) is 1.94. The minimum Gasteiger partial charge on any atom is -0.388 e. The predicted octanol–water partition coefficient (Wildman–Crippen LogP) is 7.03. The van der Waals surface area contributed by atoms with Gasteiger partial charge in [0, 0.05) is 25.0 Å². The SMILES string of the molecule is CCNc1ccc(Cc2ccccc2)cc1.CNc1ccc(Cc2ccccc2)cc1. The molecule has 2 N–H and O–H groups in total. The Balaban J connectivity index is 0.000000176. The number of anilines is 2. The predicted molar refractivity (Wildman–Crippen MR) is 135 cm³/mol. The lowest BCUT2D eigenvalue weighted by Crippen LogP contribution is -1.96. The molecule has 0 radical (unpaired) electrons. The molecule has 0 unspecified atom stereocenters. The summed E-state index contributed by atoms with van der Waals surface area (Å²) in [6, 6.07) is 38.3. The molecular weight excluding hydrogens is 376 g/mol. The van der Waals surface area contributed by atoms with Gasteiger partial charge in [0.05, 0.1) is 0 Å². The van der Waals surface area contributed by atoms with Gasteiger partial charge < -0.3 is 10.6 Å². The second-order valence-electron chi connectivity index (χ2n) is 7.50. The minimum absolute atomic E-state index is 0.970. The van der Waals surface area contributed by atoms with Gasteiger partial charge in [-0.1, -0.05) is 84.9 Å². The molecule has 0 atom stereocenters. The van der Waals surface area contributed by atoms with E-state index in [1.807, 2.05) is 13.1 Å². The largest absolute Gasteiger partial charge is 0.388 e. The van der Waals surface area contributed by atoms with Crippen LogP contribution in [0.5, 0.6) is 0 Å². The van der Waals surface area contributed by atoms with Crippen LogP contribution in [0.4, 0.5) is 11.4 Å². The van der Waals surface area contributed by atoms with Crippen LogP contribution in [0.15, 0.2) is 109 Å². The van der Waals surface area contributed by atoms with Crippen LogP contribution in [0.3, 0.4) is 0 Å². The lowest BCUT2D eigenvalue weighted by Gasteiger charge is -2.05. The third kappa shape index (κ3) is 7.67. The van der Waals surface area contributed by atoms with Crippen molar-refractivity contribution in [2.75, 3.05) is 24.2 Å². The standard InChI is InChI=1S/C15H17N.C14H15N/c1-2-16-15-10-8-14(9-11-15)12-13-6-4-3-5-7-13;1-15-14-9-7-13(8-10-14)11-12-5-3-2-4-6-12/h3-11,16H,2,12H2,1H3;2-10,15H,11H2,1H3. The lowest BCUT2D eigenvalue weighted by molar-refractivity contribution is 1.18. The number of nitrogens with one attached hydrogen (secondary N) is 2. The van der Waals surface area contributed by atoms with E-state index in [1.54, 1.807) is 0 Å². The molecule has 4 rings (SSSR count). The van der Waals surface area contributed by atoms with Crippen molar-refractivity contribution in [1.29, 1.82) is 0 Å². The van der Waals surface area contributed by atoms with Gasteiger partial charge in [0.1, 0.15) is 0 Å². The first-order valence-corrected chi connectivity index (χ1v) is 10.9. The van der Waals surface area contributed by atoms with Crippen LogP contribution in [-0.2, 0) is 12.8 Å². The van der Waals surface area contributed by atoms with Crippen LogP contribution in [0, 0.1) is 0 Å². The van der Waals surface area contributed by atoms with Gasteiger partial charge in [-0.15, -0.1) is 0 Å². The van der Waals surface area contributed by atoms with E-state index in [0.717, 1.165) is 25.1 Å². The molecule has 0 aromatic heterocycles. The second-order valence-corrected chi connectivity index (χ2v) is 7.50. The van der Waals surface area contributed by atoms with Crippen molar-refractivity contribution in [3.8, 4) is 0 Å². The van der Waals surface area contributed by atoms with Crippen LogP contribution in [0.2, 0.25) is 0 Å². The number of rotatable bonds is 7. The highest BCUT2D eigenvalue weighted by Crippen LogP contribution is 2.14. The summed E-state index contributed by atoms with van der Waals surface area (Å²) in [5.41, 5.74) is 7.77. The van der Waals surface area contributed by atoms with Crippen molar-refractivity contribution >= 4 is 11.4 Å². The molecule has 0 saturated heterocycles. The lowest BCUT2D eigenvalue weighted by atomic mass is 10.0. The molecular formula is C29H32N2. The maximum atomic E-state index is 3.30. The fourth-order valence-electron chi connectivity index (χ4n) is 3.40. The Hall–Kier alpha value is -3.52. The molecule has 0 saturated carbocycles. The number of benzene rings is 4. The molecule has 158 valence electrons. The Morgan fingerprint density at radius 2 is 0.871 bits per heavy atom. The molecule has 0 bridgehead atoms. The summed E-state index contributed by atoms with van der Waals surface area (Å²) < 4.78 is 0. The first-order valence-electron chi connectivity index (χ1n) is 10.9. The highest BCUT2D eigenvalue weighted by atomic mass is 14.8. The molecule has 0 aliphatic carbocycles. The van der Waals surface area contributed by atoms with E-state index in [0.29, 0.717) is 0 Å². The molecule has 0 amide bonds. The van der Waals surface area contributed by atoms with Gasteiger partial charge in [0.2, 0.25) is 0 Å². The molecule has 0 aliphatic rings. The topological polar surface area (TPSA) is 24.1 Å². The Labute approximate surface area is 187 Å². The van der Waals surface area contributed by atoms with Gasteiger partial charge >= 0.3 is 0 Å². The molecule has 31 heavy (non-hydrogen) atoms. The highest BCUT2D eigenvalue weighted by Gasteiger charge is 1.96. The van der Waals surface area contributed by atoms with E-state index in [2.05, 4.69) is 121 Å². The average molecular weight is 409 g/mol. The van der Waals surface area contributed by atoms with E-state index >= 15 is 0 Å². The number of hydrogen-bond acceptors (Lipinski definition) is 2. The molecule has 0 spiro atoms. The normalized spacial score (nSPS) is 10.0. The molecule has 4 aromatic rings. The Kier molecular flexibility index (Phi) is 8.75. The fourth-order valence-corrected chi connectivity index (χ4v) is 3.40. The Bertz CT molecular complexity index is 992. The maximum Gasteiger partial charge on any atom is 0.0340 e. The Morgan fingerprint density at radius 3 is 1.26 bits per heavy atom. The average Bonchev–Trinajstić information content (AvgIpc) is 2.83. The van der Waals surface area contributed by atoms with E-state index in [4.69, 9.17) is 0 Å². The van der Waals surface area contributed by atoms with Crippen molar-refractivity contribution in [2.24, 2.45) is 0 Å². The van der Waals surface area contributed by atoms with Crippen LogP contribution in [-0.4, -0.2) is 13.6 Å². The van der Waals surface area contributed by atoms with Gasteiger partial charge in [-0.05, 0) is 66.3 Å². The van der Waals surface area contributed by atoms with E-state index in [-0.39, 0.29) is 0 Å². The molecule has 0 fully saturated rings.